The monoisotopic (exact) mass is 230 g/mol. The van der Waals surface area contributed by atoms with Gasteiger partial charge in [0.05, 0.1) is 12.2 Å². The Bertz CT molecular complexity index is 166. The first-order chi connectivity index (χ1) is 7.81. The molecule has 0 aromatic heterocycles. The molecule has 4 nitrogen and oxygen atoms in total. The van der Waals surface area contributed by atoms with E-state index in [9.17, 15) is 0 Å². The van der Waals surface area contributed by atoms with E-state index >= 15 is 0 Å². The molecule has 1 rings (SSSR count). The molecule has 0 saturated carbocycles. The van der Waals surface area contributed by atoms with Gasteiger partial charge >= 0.3 is 0 Å². The highest BCUT2D eigenvalue weighted by Gasteiger charge is 2.32. The molecule has 4 heteroatoms. The van der Waals surface area contributed by atoms with Gasteiger partial charge in [-0.05, 0) is 13.0 Å². The highest BCUT2D eigenvalue weighted by Crippen LogP contribution is 2.14. The Labute approximate surface area is 99.3 Å². The smallest absolute Gasteiger partial charge is 0.0971 e. The molecular weight excluding hydrogens is 204 g/mol. The first-order valence-electron chi connectivity index (χ1n) is 6.30. The van der Waals surface area contributed by atoms with Crippen molar-refractivity contribution in [3.63, 3.8) is 0 Å². The van der Waals surface area contributed by atoms with Crippen LogP contribution >= 0.6 is 0 Å². The minimum atomic E-state index is 0.237. The molecule has 0 aromatic rings. The molecule has 1 saturated heterocycles. The number of nitrogens with one attached hydrogen (secondary N) is 1. The first-order valence-corrected chi connectivity index (χ1v) is 6.30. The van der Waals surface area contributed by atoms with Gasteiger partial charge in [-0.1, -0.05) is 13.3 Å². The average molecular weight is 230 g/mol. The number of hydrogen-bond donors (Lipinski definition) is 1. The Morgan fingerprint density at radius 3 is 2.25 bits per heavy atom. The second-order valence-electron chi connectivity index (χ2n) is 4.41. The van der Waals surface area contributed by atoms with Gasteiger partial charge in [0.15, 0.2) is 0 Å². The van der Waals surface area contributed by atoms with Crippen LogP contribution < -0.4 is 5.32 Å². The maximum atomic E-state index is 5.40. The molecule has 1 aliphatic rings. The van der Waals surface area contributed by atoms with E-state index in [-0.39, 0.29) is 12.2 Å². The summed E-state index contributed by atoms with van der Waals surface area (Å²) in [5, 5.41) is 3.46. The lowest BCUT2D eigenvalue weighted by Gasteiger charge is -2.15. The maximum Gasteiger partial charge on any atom is 0.0971 e. The topological polar surface area (TPSA) is 33.7 Å². The molecular formula is C12H26N2O2. The summed E-state index contributed by atoms with van der Waals surface area (Å²) in [6, 6.07) is 0. The van der Waals surface area contributed by atoms with Crippen LogP contribution in [0.4, 0.5) is 0 Å². The highest BCUT2D eigenvalue weighted by atomic mass is 16.5. The molecule has 0 amide bonds. The SMILES string of the molecule is CCCCNCCN1CC(OC)C(OC)C1. The number of methoxy groups -OCH3 is 2. The molecule has 16 heavy (non-hydrogen) atoms. The molecule has 96 valence electrons. The van der Waals surface area contributed by atoms with Crippen molar-refractivity contribution in [2.45, 2.75) is 32.0 Å². The van der Waals surface area contributed by atoms with Crippen LogP contribution in [0.2, 0.25) is 0 Å². The van der Waals surface area contributed by atoms with Crippen molar-refractivity contribution in [2.75, 3.05) is 46.9 Å². The Morgan fingerprint density at radius 1 is 1.12 bits per heavy atom. The van der Waals surface area contributed by atoms with Crippen LogP contribution in [-0.2, 0) is 9.47 Å². The zero-order valence-corrected chi connectivity index (χ0v) is 10.9. The number of ether oxygens (including phenoxy) is 2. The van der Waals surface area contributed by atoms with Crippen molar-refractivity contribution in [1.29, 1.82) is 0 Å². The largest absolute Gasteiger partial charge is 0.377 e. The fraction of sp³-hybridized carbons (Fsp3) is 1.00. The molecule has 0 bridgehead atoms. The van der Waals surface area contributed by atoms with E-state index in [4.69, 9.17) is 9.47 Å². The summed E-state index contributed by atoms with van der Waals surface area (Å²) in [5.74, 6) is 0. The van der Waals surface area contributed by atoms with Crippen LogP contribution in [0.5, 0.6) is 0 Å². The zero-order chi connectivity index (χ0) is 11.8. The molecule has 0 aliphatic carbocycles. The van der Waals surface area contributed by atoms with Crippen molar-refractivity contribution in [2.24, 2.45) is 0 Å². The summed E-state index contributed by atoms with van der Waals surface area (Å²) in [5.41, 5.74) is 0. The standard InChI is InChI=1S/C12H26N2O2/c1-4-5-6-13-7-8-14-9-11(15-2)12(10-14)16-3/h11-13H,4-10H2,1-3H3. The van der Waals surface area contributed by atoms with E-state index < -0.39 is 0 Å². The molecule has 0 spiro atoms. The van der Waals surface area contributed by atoms with Gasteiger partial charge in [-0.3, -0.25) is 4.90 Å². The van der Waals surface area contributed by atoms with Gasteiger partial charge in [-0.15, -0.1) is 0 Å². The van der Waals surface area contributed by atoms with Gasteiger partial charge in [0.2, 0.25) is 0 Å². The lowest BCUT2D eigenvalue weighted by atomic mass is 10.3. The average Bonchev–Trinajstić information content (AvgIpc) is 2.71. The number of likely N-dealkylation sites (tertiary alicyclic amines) is 1. The van der Waals surface area contributed by atoms with E-state index in [2.05, 4.69) is 17.1 Å². The van der Waals surface area contributed by atoms with Crippen LogP contribution in [0.1, 0.15) is 19.8 Å². The molecule has 1 heterocycles. The van der Waals surface area contributed by atoms with E-state index in [0.717, 1.165) is 32.7 Å². The third-order valence-electron chi connectivity index (χ3n) is 3.21. The second kappa shape index (κ2) is 8.01. The fourth-order valence-electron chi connectivity index (χ4n) is 2.12. The second-order valence-corrected chi connectivity index (χ2v) is 4.41. The molecule has 2 unspecified atom stereocenters. The maximum absolute atomic E-state index is 5.40. The number of unbranched alkanes of at least 4 members (excludes halogenated alkanes) is 1. The van der Waals surface area contributed by atoms with E-state index in [1.807, 2.05) is 0 Å². The van der Waals surface area contributed by atoms with Gasteiger partial charge in [-0.25, -0.2) is 0 Å². The quantitative estimate of drug-likeness (QED) is 0.623. The highest BCUT2D eigenvalue weighted by molar-refractivity contribution is 4.85. The predicted molar refractivity (Wildman–Crippen MR) is 65.8 cm³/mol. The summed E-state index contributed by atoms with van der Waals surface area (Å²) in [7, 11) is 3.53. The summed E-state index contributed by atoms with van der Waals surface area (Å²) in [4.78, 5) is 2.40. The van der Waals surface area contributed by atoms with Crippen molar-refractivity contribution in [3.8, 4) is 0 Å². The number of hydrogen-bond acceptors (Lipinski definition) is 4. The molecule has 2 atom stereocenters. The van der Waals surface area contributed by atoms with Gasteiger partial charge in [-0.2, -0.15) is 0 Å². The summed E-state index contributed by atoms with van der Waals surface area (Å²) in [6.07, 6.45) is 3.00. The van der Waals surface area contributed by atoms with E-state index in [1.165, 1.54) is 12.8 Å². The molecule has 1 fully saturated rings. The predicted octanol–water partition coefficient (Wildman–Crippen LogP) is 0.722. The minimum Gasteiger partial charge on any atom is -0.377 e. The Kier molecular flexibility index (Phi) is 6.96. The van der Waals surface area contributed by atoms with Crippen molar-refractivity contribution in [3.05, 3.63) is 0 Å². The van der Waals surface area contributed by atoms with Crippen LogP contribution in [0.25, 0.3) is 0 Å². The van der Waals surface area contributed by atoms with Crippen molar-refractivity contribution >= 4 is 0 Å². The molecule has 0 radical (unpaired) electrons. The van der Waals surface area contributed by atoms with Gasteiger partial charge in [0.25, 0.3) is 0 Å². The van der Waals surface area contributed by atoms with Gasteiger partial charge in [0.1, 0.15) is 0 Å². The van der Waals surface area contributed by atoms with Gasteiger partial charge in [0, 0.05) is 40.4 Å². The van der Waals surface area contributed by atoms with Crippen LogP contribution in [0.3, 0.4) is 0 Å². The van der Waals surface area contributed by atoms with Crippen LogP contribution in [0, 0.1) is 0 Å². The van der Waals surface area contributed by atoms with E-state index in [0.29, 0.717) is 0 Å². The lowest BCUT2D eigenvalue weighted by Crippen LogP contribution is -2.31. The van der Waals surface area contributed by atoms with E-state index in [1.54, 1.807) is 14.2 Å². The Morgan fingerprint density at radius 2 is 1.75 bits per heavy atom. The van der Waals surface area contributed by atoms with Crippen molar-refractivity contribution < 1.29 is 9.47 Å². The number of nitrogens with zero attached hydrogens (tertiary/aromatic N) is 1. The molecule has 1 N–H and O–H groups in total. The molecule has 0 aromatic carbocycles. The van der Waals surface area contributed by atoms with Crippen molar-refractivity contribution in [1.82, 2.24) is 10.2 Å². The summed E-state index contributed by atoms with van der Waals surface area (Å²) >= 11 is 0. The van der Waals surface area contributed by atoms with Gasteiger partial charge < -0.3 is 14.8 Å². The summed E-state index contributed by atoms with van der Waals surface area (Å²) in [6.45, 7) is 7.48. The fourth-order valence-corrected chi connectivity index (χ4v) is 2.12. The normalized spacial score (nSPS) is 26.4. The first kappa shape index (κ1) is 13.9. The summed E-state index contributed by atoms with van der Waals surface area (Å²) < 4.78 is 10.8. The molecule has 1 aliphatic heterocycles. The Hall–Kier alpha value is -0.160. The lowest BCUT2D eigenvalue weighted by molar-refractivity contribution is -0.00461. The Balaban J connectivity index is 2.10. The van der Waals surface area contributed by atoms with Crippen LogP contribution in [0.15, 0.2) is 0 Å². The number of rotatable bonds is 8. The minimum absolute atomic E-state index is 0.237. The third-order valence-corrected chi connectivity index (χ3v) is 3.21. The van der Waals surface area contributed by atoms with Crippen LogP contribution in [-0.4, -0.2) is 64.1 Å². The third kappa shape index (κ3) is 4.37. The zero-order valence-electron chi connectivity index (χ0n) is 10.9.